The predicted octanol–water partition coefficient (Wildman–Crippen LogP) is 3.00. The van der Waals surface area contributed by atoms with Gasteiger partial charge < -0.3 is 15.7 Å². The van der Waals surface area contributed by atoms with Gasteiger partial charge in [-0.05, 0) is 43.6 Å². The summed E-state index contributed by atoms with van der Waals surface area (Å²) in [5.74, 6) is 1.07. The summed E-state index contributed by atoms with van der Waals surface area (Å²) in [4.78, 5) is 3.78. The molecule has 0 unspecified atom stereocenters. The van der Waals surface area contributed by atoms with Crippen LogP contribution in [0.5, 0.6) is 0 Å². The number of nitrogens with two attached hydrogens (primary N) is 1. The lowest BCUT2D eigenvalue weighted by Gasteiger charge is -2.40. The largest absolute Gasteiger partial charge is 0.396 e. The van der Waals surface area contributed by atoms with E-state index >= 15 is 0 Å². The number of thioether (sulfide) groups is 1. The van der Waals surface area contributed by atoms with Crippen LogP contribution in [0.15, 0.2) is 23.1 Å². The van der Waals surface area contributed by atoms with Gasteiger partial charge in [-0.15, -0.1) is 11.8 Å². The third kappa shape index (κ3) is 3.48. The highest BCUT2D eigenvalue weighted by Crippen LogP contribution is 2.35. The van der Waals surface area contributed by atoms with E-state index in [1.165, 1.54) is 35.4 Å². The topological polar surface area (TPSA) is 49.5 Å². The van der Waals surface area contributed by atoms with Crippen LogP contribution < -0.4 is 10.6 Å². The van der Waals surface area contributed by atoms with Crippen molar-refractivity contribution in [3.63, 3.8) is 0 Å². The highest BCUT2D eigenvalue weighted by molar-refractivity contribution is 7.99. The Hall–Kier alpha value is -0.710. The Morgan fingerprint density at radius 1 is 1.40 bits per heavy atom. The second-order valence-corrected chi connectivity index (χ2v) is 6.55. The molecule has 0 saturated heterocycles. The van der Waals surface area contributed by atoms with E-state index in [2.05, 4.69) is 30.0 Å². The zero-order valence-corrected chi connectivity index (χ0v) is 13.2. The number of rotatable bonds is 8. The molecule has 2 rings (SSSR count). The molecule has 0 bridgehead atoms. The number of nitrogens with zero attached hydrogens (tertiary/aromatic N) is 1. The number of hydrogen-bond donors (Lipinski definition) is 2. The Balaban J connectivity index is 2.28. The van der Waals surface area contributed by atoms with Crippen LogP contribution >= 0.6 is 11.8 Å². The molecule has 1 aromatic rings. The van der Waals surface area contributed by atoms with E-state index in [0.717, 1.165) is 18.7 Å². The van der Waals surface area contributed by atoms with E-state index in [9.17, 15) is 0 Å². The van der Waals surface area contributed by atoms with Crippen LogP contribution in [0.2, 0.25) is 0 Å². The molecule has 112 valence electrons. The molecule has 1 aliphatic rings. The molecule has 1 saturated carbocycles. The monoisotopic (exact) mass is 294 g/mol. The van der Waals surface area contributed by atoms with Gasteiger partial charge in [-0.25, -0.2) is 0 Å². The third-order valence-corrected chi connectivity index (χ3v) is 4.98. The van der Waals surface area contributed by atoms with Crippen molar-refractivity contribution in [1.29, 1.82) is 0 Å². The van der Waals surface area contributed by atoms with Gasteiger partial charge in [0.1, 0.15) is 0 Å². The molecule has 3 N–H and O–H groups in total. The van der Waals surface area contributed by atoms with E-state index in [0.29, 0.717) is 12.6 Å². The van der Waals surface area contributed by atoms with Crippen LogP contribution in [-0.2, 0) is 6.54 Å². The van der Waals surface area contributed by atoms with Crippen LogP contribution in [-0.4, -0.2) is 30.1 Å². The van der Waals surface area contributed by atoms with Gasteiger partial charge in [0.15, 0.2) is 0 Å². The Labute approximate surface area is 126 Å². The van der Waals surface area contributed by atoms with E-state index < -0.39 is 0 Å². The van der Waals surface area contributed by atoms with Gasteiger partial charge in [0.25, 0.3) is 0 Å². The van der Waals surface area contributed by atoms with E-state index in [1.807, 2.05) is 11.8 Å². The minimum absolute atomic E-state index is 0.255. The molecule has 0 aliphatic heterocycles. The molecule has 0 aromatic heterocycles. The molecule has 3 nitrogen and oxygen atoms in total. The first-order valence-corrected chi connectivity index (χ1v) is 8.62. The molecular weight excluding hydrogens is 268 g/mol. The van der Waals surface area contributed by atoms with E-state index in [1.54, 1.807) is 0 Å². The Morgan fingerprint density at radius 3 is 2.75 bits per heavy atom. The second-order valence-electron chi connectivity index (χ2n) is 5.25. The van der Waals surface area contributed by atoms with Crippen LogP contribution in [0.4, 0.5) is 5.69 Å². The lowest BCUT2D eigenvalue weighted by Crippen LogP contribution is -2.41. The normalized spacial score (nSPS) is 15.2. The molecule has 20 heavy (non-hydrogen) atoms. The molecule has 0 radical (unpaired) electrons. The van der Waals surface area contributed by atoms with Gasteiger partial charge in [0.2, 0.25) is 0 Å². The van der Waals surface area contributed by atoms with Crippen LogP contribution in [0.1, 0.15) is 38.2 Å². The number of aliphatic hydroxyl groups is 1. The van der Waals surface area contributed by atoms with Gasteiger partial charge in [-0.1, -0.05) is 13.0 Å². The summed E-state index contributed by atoms with van der Waals surface area (Å²) < 4.78 is 0. The average Bonchev–Trinajstić information content (AvgIpc) is 2.41. The SMILES string of the molecule is CCSc1cccc(N(CCCO)C2CCC2)c1CN. The van der Waals surface area contributed by atoms with Crippen molar-refractivity contribution in [3.05, 3.63) is 23.8 Å². The molecule has 0 spiro atoms. The molecule has 0 amide bonds. The van der Waals surface area contributed by atoms with Crippen molar-refractivity contribution in [2.24, 2.45) is 5.73 Å². The molecular formula is C16H26N2OS. The molecule has 4 heteroatoms. The summed E-state index contributed by atoms with van der Waals surface area (Å²) in [5.41, 5.74) is 8.57. The summed E-state index contributed by atoms with van der Waals surface area (Å²) in [6.07, 6.45) is 4.68. The van der Waals surface area contributed by atoms with Gasteiger partial charge in [0, 0.05) is 41.9 Å². The van der Waals surface area contributed by atoms with Crippen molar-refractivity contribution in [2.75, 3.05) is 23.8 Å². The lowest BCUT2D eigenvalue weighted by atomic mass is 9.90. The van der Waals surface area contributed by atoms with E-state index in [4.69, 9.17) is 10.8 Å². The van der Waals surface area contributed by atoms with Crippen molar-refractivity contribution in [3.8, 4) is 0 Å². The number of anilines is 1. The molecule has 1 aliphatic carbocycles. The van der Waals surface area contributed by atoms with Crippen molar-refractivity contribution < 1.29 is 5.11 Å². The van der Waals surface area contributed by atoms with Crippen LogP contribution in [0.3, 0.4) is 0 Å². The summed E-state index contributed by atoms with van der Waals surface area (Å²) in [6.45, 7) is 3.94. The van der Waals surface area contributed by atoms with Gasteiger partial charge in [0.05, 0.1) is 0 Å². The molecule has 0 heterocycles. The quantitative estimate of drug-likeness (QED) is 0.724. The van der Waals surface area contributed by atoms with E-state index in [-0.39, 0.29) is 6.61 Å². The smallest absolute Gasteiger partial charge is 0.0447 e. The Bertz CT molecular complexity index is 421. The summed E-state index contributed by atoms with van der Waals surface area (Å²) in [5, 5.41) is 9.14. The lowest BCUT2D eigenvalue weighted by molar-refractivity contribution is 0.283. The third-order valence-electron chi connectivity index (χ3n) is 3.99. The first-order valence-electron chi connectivity index (χ1n) is 7.64. The fourth-order valence-electron chi connectivity index (χ4n) is 2.76. The van der Waals surface area contributed by atoms with Crippen LogP contribution in [0.25, 0.3) is 0 Å². The molecule has 0 atom stereocenters. The Kier molecular flexibility index (Phi) is 6.20. The first kappa shape index (κ1) is 15.7. The van der Waals surface area contributed by atoms with Crippen molar-refractivity contribution in [2.45, 2.75) is 50.1 Å². The van der Waals surface area contributed by atoms with Gasteiger partial charge >= 0.3 is 0 Å². The second kappa shape index (κ2) is 7.91. The minimum Gasteiger partial charge on any atom is -0.396 e. The minimum atomic E-state index is 0.255. The highest BCUT2D eigenvalue weighted by Gasteiger charge is 2.26. The highest BCUT2D eigenvalue weighted by atomic mass is 32.2. The van der Waals surface area contributed by atoms with Gasteiger partial charge in [-0.2, -0.15) is 0 Å². The average molecular weight is 294 g/mol. The van der Waals surface area contributed by atoms with Crippen LogP contribution in [0, 0.1) is 0 Å². The molecule has 1 fully saturated rings. The summed E-state index contributed by atoms with van der Waals surface area (Å²) >= 11 is 1.86. The number of hydrogen-bond acceptors (Lipinski definition) is 4. The number of benzene rings is 1. The maximum atomic E-state index is 9.14. The van der Waals surface area contributed by atoms with Crippen molar-refractivity contribution in [1.82, 2.24) is 0 Å². The summed E-state index contributed by atoms with van der Waals surface area (Å²) in [6, 6.07) is 7.13. The maximum absolute atomic E-state index is 9.14. The Morgan fingerprint density at radius 2 is 2.20 bits per heavy atom. The first-order chi connectivity index (χ1) is 9.81. The predicted molar refractivity (Wildman–Crippen MR) is 87.4 cm³/mol. The molecule has 1 aromatic carbocycles. The standard InChI is InChI=1S/C16H26N2OS/c1-2-20-16-9-4-8-15(14(16)12-17)18(10-5-11-19)13-6-3-7-13/h4,8-9,13,19H,2-3,5-7,10-12,17H2,1H3. The fourth-order valence-corrected chi connectivity index (χ4v) is 3.61. The maximum Gasteiger partial charge on any atom is 0.0447 e. The number of aliphatic hydroxyl groups excluding tert-OH is 1. The zero-order chi connectivity index (χ0) is 14.4. The fraction of sp³-hybridized carbons (Fsp3) is 0.625. The zero-order valence-electron chi connectivity index (χ0n) is 12.3. The summed E-state index contributed by atoms with van der Waals surface area (Å²) in [7, 11) is 0. The van der Waals surface area contributed by atoms with Gasteiger partial charge in [-0.3, -0.25) is 0 Å². The van der Waals surface area contributed by atoms with Crippen molar-refractivity contribution >= 4 is 17.4 Å².